The van der Waals surface area contributed by atoms with Crippen molar-refractivity contribution in [2.24, 2.45) is 0 Å². The van der Waals surface area contributed by atoms with Crippen molar-refractivity contribution in [2.75, 3.05) is 25.6 Å². The molecule has 1 aromatic rings. The molecule has 0 aliphatic heterocycles. The van der Waals surface area contributed by atoms with Gasteiger partial charge in [0, 0.05) is 30.4 Å². The second-order valence-corrected chi connectivity index (χ2v) is 3.17. The summed E-state index contributed by atoms with van der Waals surface area (Å²) in [5, 5.41) is 2.72. The third kappa shape index (κ3) is 4.76. The predicted octanol–water partition coefficient (Wildman–Crippen LogP) is 1.07. The monoisotopic (exact) mass is 228 g/mol. The van der Waals surface area contributed by atoms with E-state index in [1.807, 2.05) is 0 Å². The number of rotatable bonds is 6. The zero-order chi connectivity index (χ0) is 10.9. The Kier molecular flexibility index (Phi) is 5.73. The normalized spacial score (nSPS) is 9.93. The SMILES string of the molecule is O=C(NCCOCCCl)c1ccncc1. The minimum absolute atomic E-state index is 0.119. The van der Waals surface area contributed by atoms with Gasteiger partial charge in [0.2, 0.25) is 0 Å². The number of halogens is 1. The number of hydrogen-bond acceptors (Lipinski definition) is 3. The lowest BCUT2D eigenvalue weighted by atomic mass is 10.2. The summed E-state index contributed by atoms with van der Waals surface area (Å²) < 4.78 is 5.11. The van der Waals surface area contributed by atoms with Crippen LogP contribution in [0.25, 0.3) is 0 Å². The molecule has 82 valence electrons. The van der Waals surface area contributed by atoms with Gasteiger partial charge in [0.25, 0.3) is 5.91 Å². The molecule has 4 nitrogen and oxygen atoms in total. The number of nitrogens with one attached hydrogen (secondary N) is 1. The summed E-state index contributed by atoms with van der Waals surface area (Å²) in [4.78, 5) is 15.3. The second kappa shape index (κ2) is 7.20. The highest BCUT2D eigenvalue weighted by Crippen LogP contribution is 1.94. The lowest BCUT2D eigenvalue weighted by molar-refractivity contribution is 0.0923. The fraction of sp³-hybridized carbons (Fsp3) is 0.400. The summed E-state index contributed by atoms with van der Waals surface area (Å²) in [6.07, 6.45) is 3.16. The van der Waals surface area contributed by atoms with E-state index in [0.717, 1.165) is 0 Å². The fourth-order valence-corrected chi connectivity index (χ4v) is 1.11. The number of aromatic nitrogens is 1. The highest BCUT2D eigenvalue weighted by Gasteiger charge is 2.02. The molecule has 0 aliphatic carbocycles. The smallest absolute Gasteiger partial charge is 0.251 e. The Bertz CT molecular complexity index is 293. The van der Waals surface area contributed by atoms with Crippen LogP contribution >= 0.6 is 11.6 Å². The number of alkyl halides is 1. The maximum atomic E-state index is 11.5. The van der Waals surface area contributed by atoms with E-state index < -0.39 is 0 Å². The van der Waals surface area contributed by atoms with Gasteiger partial charge < -0.3 is 10.1 Å². The third-order valence-corrected chi connectivity index (χ3v) is 1.85. The molecule has 0 fully saturated rings. The summed E-state index contributed by atoms with van der Waals surface area (Å²) in [5.41, 5.74) is 0.599. The van der Waals surface area contributed by atoms with E-state index in [1.54, 1.807) is 24.5 Å². The minimum Gasteiger partial charge on any atom is -0.378 e. The van der Waals surface area contributed by atoms with Gasteiger partial charge in [0.05, 0.1) is 13.2 Å². The predicted molar refractivity (Wildman–Crippen MR) is 58.1 cm³/mol. The number of hydrogen-bond donors (Lipinski definition) is 1. The Morgan fingerprint density at radius 1 is 1.40 bits per heavy atom. The standard InChI is InChI=1S/C10H13ClN2O2/c11-3-7-15-8-6-13-10(14)9-1-4-12-5-2-9/h1-2,4-5H,3,6-8H2,(H,13,14). The molecule has 1 heterocycles. The van der Waals surface area contributed by atoms with E-state index in [-0.39, 0.29) is 5.91 Å². The Morgan fingerprint density at radius 2 is 2.13 bits per heavy atom. The summed E-state index contributed by atoms with van der Waals surface area (Å²) in [6.45, 7) is 1.47. The maximum Gasteiger partial charge on any atom is 0.251 e. The lowest BCUT2D eigenvalue weighted by Gasteiger charge is -2.04. The average Bonchev–Trinajstić information content (AvgIpc) is 2.30. The quantitative estimate of drug-likeness (QED) is 0.585. The van der Waals surface area contributed by atoms with Crippen molar-refractivity contribution in [1.29, 1.82) is 0 Å². The van der Waals surface area contributed by atoms with Crippen molar-refractivity contribution in [3.05, 3.63) is 30.1 Å². The van der Waals surface area contributed by atoms with Crippen molar-refractivity contribution >= 4 is 17.5 Å². The van der Waals surface area contributed by atoms with E-state index in [4.69, 9.17) is 16.3 Å². The van der Waals surface area contributed by atoms with Crippen LogP contribution in [-0.4, -0.2) is 36.5 Å². The fourth-order valence-electron chi connectivity index (χ4n) is 0.999. The largest absolute Gasteiger partial charge is 0.378 e. The van der Waals surface area contributed by atoms with Gasteiger partial charge in [-0.25, -0.2) is 0 Å². The number of carbonyl (C=O) groups is 1. The van der Waals surface area contributed by atoms with E-state index >= 15 is 0 Å². The van der Waals surface area contributed by atoms with Crippen molar-refractivity contribution in [2.45, 2.75) is 0 Å². The molecule has 0 spiro atoms. The second-order valence-electron chi connectivity index (χ2n) is 2.79. The number of ether oxygens (including phenoxy) is 1. The van der Waals surface area contributed by atoms with Crippen LogP contribution in [0.2, 0.25) is 0 Å². The average molecular weight is 229 g/mol. The van der Waals surface area contributed by atoms with Crippen molar-refractivity contribution in [3.8, 4) is 0 Å². The number of carbonyl (C=O) groups excluding carboxylic acids is 1. The zero-order valence-electron chi connectivity index (χ0n) is 8.28. The molecule has 1 amide bonds. The van der Waals surface area contributed by atoms with Crippen LogP contribution in [0, 0.1) is 0 Å². The van der Waals surface area contributed by atoms with Gasteiger partial charge >= 0.3 is 0 Å². The summed E-state index contributed by atoms with van der Waals surface area (Å²) in [5.74, 6) is 0.352. The number of pyridine rings is 1. The first-order valence-corrected chi connectivity index (χ1v) is 5.20. The number of amides is 1. The topological polar surface area (TPSA) is 51.2 Å². The van der Waals surface area contributed by atoms with Crippen LogP contribution in [0.3, 0.4) is 0 Å². The van der Waals surface area contributed by atoms with Crippen LogP contribution in [0.15, 0.2) is 24.5 Å². The number of nitrogens with zero attached hydrogens (tertiary/aromatic N) is 1. The van der Waals surface area contributed by atoms with Crippen LogP contribution in [0.1, 0.15) is 10.4 Å². The highest BCUT2D eigenvalue weighted by atomic mass is 35.5. The van der Waals surface area contributed by atoms with Gasteiger partial charge in [0.15, 0.2) is 0 Å². The molecule has 0 aliphatic rings. The molecule has 0 aromatic carbocycles. The van der Waals surface area contributed by atoms with E-state index in [0.29, 0.717) is 31.2 Å². The first kappa shape index (κ1) is 11.9. The molecular weight excluding hydrogens is 216 g/mol. The molecule has 0 saturated heterocycles. The van der Waals surface area contributed by atoms with Gasteiger partial charge in [-0.2, -0.15) is 0 Å². The van der Waals surface area contributed by atoms with E-state index in [9.17, 15) is 4.79 Å². The van der Waals surface area contributed by atoms with Crippen LogP contribution in [0.4, 0.5) is 0 Å². The molecule has 0 unspecified atom stereocenters. The van der Waals surface area contributed by atoms with Crippen LogP contribution < -0.4 is 5.32 Å². The Hall–Kier alpha value is -1.13. The molecule has 5 heteroatoms. The van der Waals surface area contributed by atoms with Gasteiger partial charge in [-0.05, 0) is 12.1 Å². The van der Waals surface area contributed by atoms with Gasteiger partial charge in [-0.1, -0.05) is 0 Å². The van der Waals surface area contributed by atoms with Gasteiger partial charge in [0.1, 0.15) is 0 Å². The molecule has 0 radical (unpaired) electrons. The summed E-state index contributed by atoms with van der Waals surface area (Å²) in [6, 6.07) is 3.32. The molecule has 15 heavy (non-hydrogen) atoms. The Balaban J connectivity index is 2.20. The molecule has 0 saturated carbocycles. The summed E-state index contributed by atoms with van der Waals surface area (Å²) in [7, 11) is 0. The van der Waals surface area contributed by atoms with Gasteiger partial charge in [-0.3, -0.25) is 9.78 Å². The highest BCUT2D eigenvalue weighted by molar-refractivity contribution is 6.17. The molecule has 1 rings (SSSR count). The summed E-state index contributed by atoms with van der Waals surface area (Å²) >= 11 is 5.42. The van der Waals surface area contributed by atoms with Crippen molar-refractivity contribution < 1.29 is 9.53 Å². The molecule has 0 atom stereocenters. The van der Waals surface area contributed by atoms with E-state index in [2.05, 4.69) is 10.3 Å². The van der Waals surface area contributed by atoms with Gasteiger partial charge in [-0.15, -0.1) is 11.6 Å². The van der Waals surface area contributed by atoms with Crippen LogP contribution in [-0.2, 0) is 4.74 Å². The molecule has 1 N–H and O–H groups in total. The Morgan fingerprint density at radius 3 is 2.80 bits per heavy atom. The minimum atomic E-state index is -0.119. The van der Waals surface area contributed by atoms with Crippen LogP contribution in [0.5, 0.6) is 0 Å². The Labute approximate surface area is 93.6 Å². The van der Waals surface area contributed by atoms with Crippen molar-refractivity contribution in [1.82, 2.24) is 10.3 Å². The zero-order valence-corrected chi connectivity index (χ0v) is 9.04. The molecular formula is C10H13ClN2O2. The first-order valence-electron chi connectivity index (χ1n) is 4.66. The first-order chi connectivity index (χ1) is 7.34. The molecule has 0 bridgehead atoms. The maximum absolute atomic E-state index is 11.5. The molecule has 1 aromatic heterocycles. The third-order valence-electron chi connectivity index (χ3n) is 1.70. The van der Waals surface area contributed by atoms with E-state index in [1.165, 1.54) is 0 Å². The van der Waals surface area contributed by atoms with Crippen molar-refractivity contribution in [3.63, 3.8) is 0 Å². The lowest BCUT2D eigenvalue weighted by Crippen LogP contribution is -2.27.